The average Bonchev–Trinajstić information content (AvgIpc) is 3.02. The Balaban J connectivity index is 1.54. The molecule has 3 aromatic carbocycles. The Bertz CT molecular complexity index is 1120. The van der Waals surface area contributed by atoms with Crippen molar-refractivity contribution in [2.75, 3.05) is 13.6 Å². The topological polar surface area (TPSA) is 63.7 Å². The maximum absolute atomic E-state index is 12.7. The molecule has 0 radical (unpaired) electrons. The molecule has 0 amide bonds. The van der Waals surface area contributed by atoms with Crippen LogP contribution in [0.25, 0.3) is 11.1 Å². The third kappa shape index (κ3) is 3.57. The number of nitrogens with zero attached hydrogens (tertiary/aromatic N) is 1. The van der Waals surface area contributed by atoms with E-state index in [0.717, 1.165) is 32.1 Å². The molecule has 0 saturated carbocycles. The van der Waals surface area contributed by atoms with Gasteiger partial charge in [-0.05, 0) is 30.2 Å². The van der Waals surface area contributed by atoms with Crippen LogP contribution >= 0.6 is 0 Å². The van der Waals surface area contributed by atoms with Crippen LogP contribution in [0.4, 0.5) is 0 Å². The average molecular weight is 407 g/mol. The number of ether oxygens (including phenoxy) is 1. The van der Waals surface area contributed by atoms with Crippen LogP contribution in [-0.2, 0) is 19.6 Å². The summed E-state index contributed by atoms with van der Waals surface area (Å²) in [5.41, 5.74) is 4.84. The highest BCUT2D eigenvalue weighted by atomic mass is 32.2. The summed E-state index contributed by atoms with van der Waals surface area (Å²) in [6, 6.07) is 22.1. The van der Waals surface area contributed by atoms with Gasteiger partial charge in [-0.25, -0.2) is 8.42 Å². The molecule has 1 aliphatic rings. The van der Waals surface area contributed by atoms with Gasteiger partial charge in [-0.1, -0.05) is 66.2 Å². The van der Waals surface area contributed by atoms with Crippen LogP contribution in [0.3, 0.4) is 0 Å². The Morgan fingerprint density at radius 3 is 1.97 bits per heavy atom. The van der Waals surface area contributed by atoms with Gasteiger partial charge in [0.05, 0.1) is 4.90 Å². The van der Waals surface area contributed by atoms with E-state index in [0.29, 0.717) is 0 Å². The lowest BCUT2D eigenvalue weighted by molar-refractivity contribution is -0.147. The Kier molecular flexibility index (Phi) is 4.98. The highest BCUT2D eigenvalue weighted by Crippen LogP contribution is 2.45. The van der Waals surface area contributed by atoms with Crippen LogP contribution in [-0.4, -0.2) is 32.3 Å². The van der Waals surface area contributed by atoms with Gasteiger partial charge in [0.15, 0.2) is 6.10 Å². The molecule has 1 aliphatic carbocycles. The van der Waals surface area contributed by atoms with Crippen molar-refractivity contribution in [3.8, 4) is 11.1 Å². The van der Waals surface area contributed by atoms with Crippen molar-refractivity contribution in [3.05, 3.63) is 89.5 Å². The van der Waals surface area contributed by atoms with Gasteiger partial charge >= 0.3 is 5.97 Å². The van der Waals surface area contributed by atoms with Crippen LogP contribution in [0.15, 0.2) is 77.7 Å². The van der Waals surface area contributed by atoms with E-state index in [2.05, 4.69) is 0 Å². The zero-order valence-electron chi connectivity index (χ0n) is 16.2. The quantitative estimate of drug-likeness (QED) is 0.601. The lowest BCUT2D eigenvalue weighted by Gasteiger charge is -2.19. The predicted molar refractivity (Wildman–Crippen MR) is 111 cm³/mol. The first-order valence-electron chi connectivity index (χ1n) is 9.28. The van der Waals surface area contributed by atoms with Crippen LogP contribution in [0, 0.1) is 6.92 Å². The minimum Gasteiger partial charge on any atom is -0.452 e. The summed E-state index contributed by atoms with van der Waals surface area (Å²) in [4.78, 5) is 12.8. The second-order valence-electron chi connectivity index (χ2n) is 7.12. The molecule has 4 rings (SSSR count). The number of fused-ring (bicyclic) bond motifs is 3. The first-order valence-corrected chi connectivity index (χ1v) is 10.7. The molecule has 0 spiro atoms. The molecular weight excluding hydrogens is 386 g/mol. The fourth-order valence-electron chi connectivity index (χ4n) is 3.56. The molecule has 3 aromatic rings. The molecule has 5 nitrogen and oxygen atoms in total. The van der Waals surface area contributed by atoms with Gasteiger partial charge in [0.1, 0.15) is 6.54 Å². The number of hydrogen-bond acceptors (Lipinski definition) is 4. The number of aryl methyl sites for hydroxylation is 1. The summed E-state index contributed by atoms with van der Waals surface area (Å²) in [6.45, 7) is 1.52. The van der Waals surface area contributed by atoms with Gasteiger partial charge in [0, 0.05) is 18.2 Å². The van der Waals surface area contributed by atoms with Gasteiger partial charge in [-0.15, -0.1) is 0 Å². The predicted octanol–water partition coefficient (Wildman–Crippen LogP) is 3.93. The summed E-state index contributed by atoms with van der Waals surface area (Å²) in [7, 11) is -2.39. The van der Waals surface area contributed by atoms with Crippen molar-refractivity contribution < 1.29 is 17.9 Å². The van der Waals surface area contributed by atoms with Crippen LogP contribution < -0.4 is 0 Å². The number of carbonyl (C=O) groups excluding carboxylic acids is 1. The molecule has 29 heavy (non-hydrogen) atoms. The Morgan fingerprint density at radius 2 is 1.41 bits per heavy atom. The van der Waals surface area contributed by atoms with E-state index in [1.165, 1.54) is 19.2 Å². The highest BCUT2D eigenvalue weighted by Gasteiger charge is 2.32. The minimum atomic E-state index is -3.77. The molecule has 6 heteroatoms. The van der Waals surface area contributed by atoms with E-state index in [9.17, 15) is 13.2 Å². The highest BCUT2D eigenvalue weighted by molar-refractivity contribution is 7.89. The molecule has 0 atom stereocenters. The van der Waals surface area contributed by atoms with Crippen LogP contribution in [0.2, 0.25) is 0 Å². The SMILES string of the molecule is Cc1ccc(S(=O)(=O)N(C)CC(=O)OC2c3ccccc3-c3ccccc32)cc1. The molecule has 0 aromatic heterocycles. The van der Waals surface area contributed by atoms with Crippen molar-refractivity contribution >= 4 is 16.0 Å². The molecule has 0 aliphatic heterocycles. The molecule has 0 heterocycles. The third-order valence-corrected chi connectivity index (χ3v) is 6.92. The molecule has 0 saturated heterocycles. The van der Waals surface area contributed by atoms with Crippen molar-refractivity contribution in [2.24, 2.45) is 0 Å². The second kappa shape index (κ2) is 7.46. The van der Waals surface area contributed by atoms with Gasteiger partial charge in [0.25, 0.3) is 0 Å². The van der Waals surface area contributed by atoms with Crippen molar-refractivity contribution in [1.29, 1.82) is 0 Å². The number of hydrogen-bond donors (Lipinski definition) is 0. The monoisotopic (exact) mass is 407 g/mol. The lowest BCUT2D eigenvalue weighted by atomic mass is 10.1. The normalized spacial score (nSPS) is 13.2. The molecule has 148 valence electrons. The number of rotatable bonds is 5. The van der Waals surface area contributed by atoms with Crippen LogP contribution in [0.1, 0.15) is 22.8 Å². The van der Waals surface area contributed by atoms with Crippen molar-refractivity contribution in [2.45, 2.75) is 17.9 Å². The summed E-state index contributed by atoms with van der Waals surface area (Å²) < 4.78 is 32.2. The largest absolute Gasteiger partial charge is 0.452 e. The van der Waals surface area contributed by atoms with Gasteiger partial charge in [-0.3, -0.25) is 4.79 Å². The van der Waals surface area contributed by atoms with E-state index in [-0.39, 0.29) is 11.4 Å². The second-order valence-corrected chi connectivity index (χ2v) is 9.16. The fraction of sp³-hybridized carbons (Fsp3) is 0.174. The van der Waals surface area contributed by atoms with Gasteiger partial charge in [0.2, 0.25) is 10.0 Å². The fourth-order valence-corrected chi connectivity index (χ4v) is 4.68. The molecular formula is C23H21NO4S. The van der Waals surface area contributed by atoms with Crippen molar-refractivity contribution in [1.82, 2.24) is 4.31 Å². The maximum atomic E-state index is 12.7. The smallest absolute Gasteiger partial charge is 0.322 e. The van der Waals surface area contributed by atoms with E-state index < -0.39 is 22.1 Å². The molecule has 0 N–H and O–H groups in total. The Hall–Kier alpha value is -2.96. The summed E-state index contributed by atoms with van der Waals surface area (Å²) in [5.74, 6) is -0.598. The van der Waals surface area contributed by atoms with Gasteiger partial charge < -0.3 is 4.74 Å². The number of likely N-dealkylation sites (N-methyl/N-ethyl adjacent to an activating group) is 1. The molecule has 0 bridgehead atoms. The molecule has 0 unspecified atom stereocenters. The van der Waals surface area contributed by atoms with E-state index in [4.69, 9.17) is 4.74 Å². The first kappa shape index (κ1) is 19.4. The van der Waals surface area contributed by atoms with Crippen molar-refractivity contribution in [3.63, 3.8) is 0 Å². The lowest BCUT2D eigenvalue weighted by Crippen LogP contribution is -2.33. The summed E-state index contributed by atoms with van der Waals surface area (Å²) in [6.07, 6.45) is -0.537. The number of esters is 1. The molecule has 0 fully saturated rings. The summed E-state index contributed by atoms with van der Waals surface area (Å²) >= 11 is 0. The summed E-state index contributed by atoms with van der Waals surface area (Å²) in [5, 5.41) is 0. The number of carbonyl (C=O) groups is 1. The zero-order valence-corrected chi connectivity index (χ0v) is 17.0. The van der Waals surface area contributed by atoms with E-state index in [1.54, 1.807) is 12.1 Å². The minimum absolute atomic E-state index is 0.148. The number of benzene rings is 3. The van der Waals surface area contributed by atoms with Crippen LogP contribution in [0.5, 0.6) is 0 Å². The standard InChI is InChI=1S/C23H21NO4S/c1-16-11-13-17(14-12-16)29(26,27)24(2)15-22(25)28-23-20-9-5-3-7-18(20)19-8-4-6-10-21(19)23/h3-14,23H,15H2,1-2H3. The Labute approximate surface area is 170 Å². The van der Waals surface area contributed by atoms with E-state index >= 15 is 0 Å². The Morgan fingerprint density at radius 1 is 0.897 bits per heavy atom. The third-order valence-electron chi connectivity index (χ3n) is 5.11. The van der Waals surface area contributed by atoms with E-state index in [1.807, 2.05) is 55.5 Å². The first-order chi connectivity index (χ1) is 13.9. The maximum Gasteiger partial charge on any atom is 0.322 e. The van der Waals surface area contributed by atoms with Gasteiger partial charge in [-0.2, -0.15) is 4.31 Å². The number of sulfonamides is 1. The zero-order chi connectivity index (χ0) is 20.6.